The molecule has 1 aromatic heterocycles. The maximum atomic E-state index is 11.5. The SMILES string of the molecule is O=C(O)C1CN(Cc2ccco2)S(=O)(=O)N1. The number of carbonyl (C=O) groups is 1. The zero-order valence-corrected chi connectivity index (χ0v) is 8.98. The molecule has 2 N–H and O–H groups in total. The molecule has 0 amide bonds. The van der Waals surface area contributed by atoms with Crippen molar-refractivity contribution in [3.63, 3.8) is 0 Å². The lowest BCUT2D eigenvalue weighted by Gasteiger charge is -2.10. The van der Waals surface area contributed by atoms with Crippen molar-refractivity contribution in [3.05, 3.63) is 24.2 Å². The summed E-state index contributed by atoms with van der Waals surface area (Å²) in [6, 6.07) is 2.17. The van der Waals surface area contributed by atoms with E-state index in [2.05, 4.69) is 0 Å². The highest BCUT2D eigenvalue weighted by atomic mass is 32.2. The fourth-order valence-corrected chi connectivity index (χ4v) is 2.77. The Balaban J connectivity index is 2.13. The van der Waals surface area contributed by atoms with Crippen molar-refractivity contribution < 1.29 is 22.7 Å². The lowest BCUT2D eigenvalue weighted by atomic mass is 10.3. The van der Waals surface area contributed by atoms with Crippen LogP contribution in [0.15, 0.2) is 22.8 Å². The Labute approximate surface area is 91.8 Å². The fourth-order valence-electron chi connectivity index (χ4n) is 1.45. The lowest BCUT2D eigenvalue weighted by Crippen LogP contribution is -2.34. The molecule has 2 rings (SSSR count). The van der Waals surface area contributed by atoms with Crippen LogP contribution in [0.4, 0.5) is 0 Å². The van der Waals surface area contributed by atoms with E-state index in [4.69, 9.17) is 9.52 Å². The molecule has 0 bridgehead atoms. The molecule has 1 unspecified atom stereocenters. The molecule has 0 aliphatic carbocycles. The summed E-state index contributed by atoms with van der Waals surface area (Å²) in [5, 5.41) is 8.71. The monoisotopic (exact) mass is 246 g/mol. The van der Waals surface area contributed by atoms with E-state index in [1.54, 1.807) is 12.1 Å². The summed E-state index contributed by atoms with van der Waals surface area (Å²) in [5.41, 5.74) is 0. The summed E-state index contributed by atoms with van der Waals surface area (Å²) in [4.78, 5) is 10.7. The van der Waals surface area contributed by atoms with Gasteiger partial charge in [0.15, 0.2) is 0 Å². The summed E-state index contributed by atoms with van der Waals surface area (Å²) in [6.07, 6.45) is 1.43. The first-order valence-corrected chi connectivity index (χ1v) is 5.95. The minimum absolute atomic E-state index is 0.0338. The van der Waals surface area contributed by atoms with Gasteiger partial charge in [-0.2, -0.15) is 17.4 Å². The van der Waals surface area contributed by atoms with E-state index in [-0.39, 0.29) is 13.1 Å². The first-order valence-electron chi connectivity index (χ1n) is 4.51. The largest absolute Gasteiger partial charge is 0.480 e. The third kappa shape index (κ3) is 2.08. The normalized spacial score (nSPS) is 24.6. The molecule has 1 fully saturated rings. The molecule has 1 aromatic rings. The van der Waals surface area contributed by atoms with Crippen LogP contribution >= 0.6 is 0 Å². The Morgan fingerprint density at radius 1 is 1.69 bits per heavy atom. The second-order valence-corrected chi connectivity index (χ2v) is 5.09. The zero-order chi connectivity index (χ0) is 11.8. The molecule has 8 heteroatoms. The minimum Gasteiger partial charge on any atom is -0.480 e. The van der Waals surface area contributed by atoms with Gasteiger partial charge in [0.2, 0.25) is 0 Å². The Kier molecular flexibility index (Phi) is 2.70. The summed E-state index contributed by atoms with van der Waals surface area (Å²) in [7, 11) is -3.71. The van der Waals surface area contributed by atoms with Crippen molar-refractivity contribution in [2.75, 3.05) is 6.54 Å². The predicted octanol–water partition coefficient (Wildman–Crippen LogP) is -0.617. The first kappa shape index (κ1) is 11.1. The molecular formula is C8H10N2O5S. The molecule has 1 aliphatic rings. The number of hydrogen-bond donors (Lipinski definition) is 2. The van der Waals surface area contributed by atoms with Crippen molar-refractivity contribution in [3.8, 4) is 0 Å². The predicted molar refractivity (Wildman–Crippen MR) is 52.6 cm³/mol. The first-order chi connectivity index (χ1) is 7.49. The van der Waals surface area contributed by atoms with Crippen LogP contribution in [0.1, 0.15) is 5.76 Å². The van der Waals surface area contributed by atoms with Gasteiger partial charge in [0.05, 0.1) is 12.8 Å². The van der Waals surface area contributed by atoms with E-state index in [9.17, 15) is 13.2 Å². The van der Waals surface area contributed by atoms with Crippen LogP contribution in [0.5, 0.6) is 0 Å². The van der Waals surface area contributed by atoms with Gasteiger partial charge in [0.1, 0.15) is 11.8 Å². The minimum atomic E-state index is -3.71. The quantitative estimate of drug-likeness (QED) is 0.740. The van der Waals surface area contributed by atoms with Gasteiger partial charge in [-0.3, -0.25) is 4.79 Å². The van der Waals surface area contributed by atoms with E-state index in [0.29, 0.717) is 5.76 Å². The maximum Gasteiger partial charge on any atom is 0.323 e. The molecule has 0 aromatic carbocycles. The number of carboxylic acids is 1. The Morgan fingerprint density at radius 3 is 2.94 bits per heavy atom. The molecule has 0 saturated carbocycles. The zero-order valence-electron chi connectivity index (χ0n) is 8.16. The van der Waals surface area contributed by atoms with Crippen LogP contribution < -0.4 is 4.72 Å². The molecule has 16 heavy (non-hydrogen) atoms. The molecule has 1 saturated heterocycles. The average Bonchev–Trinajstić information content (AvgIpc) is 2.76. The van der Waals surface area contributed by atoms with E-state index in [1.807, 2.05) is 4.72 Å². The molecule has 1 atom stereocenters. The van der Waals surface area contributed by atoms with Crippen LogP contribution in [0.25, 0.3) is 0 Å². The Morgan fingerprint density at radius 2 is 2.44 bits per heavy atom. The average molecular weight is 246 g/mol. The summed E-state index contributed by atoms with van der Waals surface area (Å²) >= 11 is 0. The number of furan rings is 1. The molecule has 0 radical (unpaired) electrons. The van der Waals surface area contributed by atoms with E-state index >= 15 is 0 Å². The van der Waals surface area contributed by atoms with Crippen LogP contribution in [0.2, 0.25) is 0 Å². The lowest BCUT2D eigenvalue weighted by molar-refractivity contribution is -0.138. The van der Waals surface area contributed by atoms with Crippen molar-refractivity contribution in [1.29, 1.82) is 0 Å². The van der Waals surface area contributed by atoms with Crippen molar-refractivity contribution in [2.24, 2.45) is 0 Å². The number of nitrogens with zero attached hydrogens (tertiary/aromatic N) is 1. The van der Waals surface area contributed by atoms with Gasteiger partial charge < -0.3 is 9.52 Å². The van der Waals surface area contributed by atoms with Crippen LogP contribution in [0, 0.1) is 0 Å². The molecule has 0 spiro atoms. The number of carboxylic acid groups (broad SMARTS) is 1. The van der Waals surface area contributed by atoms with E-state index in [0.717, 1.165) is 4.31 Å². The van der Waals surface area contributed by atoms with Gasteiger partial charge in [-0.05, 0) is 12.1 Å². The Hall–Kier alpha value is -1.38. The summed E-state index contributed by atoms with van der Waals surface area (Å²) in [5.74, 6) is -0.720. The van der Waals surface area contributed by atoms with Crippen LogP contribution in [-0.2, 0) is 21.5 Å². The van der Waals surface area contributed by atoms with Crippen molar-refractivity contribution in [1.82, 2.24) is 9.03 Å². The summed E-state index contributed by atoms with van der Waals surface area (Å²) in [6.45, 7) is -0.0650. The molecule has 88 valence electrons. The summed E-state index contributed by atoms with van der Waals surface area (Å²) < 4.78 is 31.1. The molecule has 2 heterocycles. The Bertz CT molecular complexity index is 481. The van der Waals surface area contributed by atoms with Gasteiger partial charge in [0.25, 0.3) is 10.2 Å². The number of nitrogens with one attached hydrogen (secondary N) is 1. The van der Waals surface area contributed by atoms with Gasteiger partial charge in [-0.1, -0.05) is 0 Å². The third-order valence-corrected chi connectivity index (χ3v) is 3.77. The van der Waals surface area contributed by atoms with Crippen LogP contribution in [0.3, 0.4) is 0 Å². The highest BCUT2D eigenvalue weighted by Crippen LogP contribution is 2.15. The number of rotatable bonds is 3. The molecule has 7 nitrogen and oxygen atoms in total. The fraction of sp³-hybridized carbons (Fsp3) is 0.375. The van der Waals surface area contributed by atoms with Crippen molar-refractivity contribution >= 4 is 16.2 Å². The van der Waals surface area contributed by atoms with Crippen molar-refractivity contribution in [2.45, 2.75) is 12.6 Å². The number of hydrogen-bond acceptors (Lipinski definition) is 4. The second-order valence-electron chi connectivity index (χ2n) is 3.39. The van der Waals surface area contributed by atoms with E-state index in [1.165, 1.54) is 6.26 Å². The maximum absolute atomic E-state index is 11.5. The third-order valence-electron chi connectivity index (χ3n) is 2.23. The van der Waals surface area contributed by atoms with Gasteiger partial charge in [-0.15, -0.1) is 0 Å². The second kappa shape index (κ2) is 3.89. The topological polar surface area (TPSA) is 99.8 Å². The smallest absolute Gasteiger partial charge is 0.323 e. The standard InChI is InChI=1S/C8H10N2O5S/c11-8(12)7-5-10(16(13,14)9-7)4-6-2-1-3-15-6/h1-3,7,9H,4-5H2,(H,11,12). The molecular weight excluding hydrogens is 236 g/mol. The highest BCUT2D eigenvalue weighted by Gasteiger charge is 2.39. The van der Waals surface area contributed by atoms with Gasteiger partial charge in [-0.25, -0.2) is 0 Å². The molecule has 1 aliphatic heterocycles. The van der Waals surface area contributed by atoms with Crippen LogP contribution in [-0.4, -0.2) is 36.4 Å². The van der Waals surface area contributed by atoms with E-state index < -0.39 is 22.2 Å². The highest BCUT2D eigenvalue weighted by molar-refractivity contribution is 7.87. The number of aliphatic carboxylic acids is 1. The van der Waals surface area contributed by atoms with Gasteiger partial charge in [0, 0.05) is 6.54 Å². The van der Waals surface area contributed by atoms with Gasteiger partial charge >= 0.3 is 5.97 Å².